The number of unbranched alkanes of at least 4 members (excludes halogenated alkanes) is 1. The van der Waals surface area contributed by atoms with Gasteiger partial charge in [0.15, 0.2) is 0 Å². The van der Waals surface area contributed by atoms with Crippen LogP contribution < -0.4 is 10.6 Å². The van der Waals surface area contributed by atoms with Gasteiger partial charge in [-0.05, 0) is 165 Å². The lowest BCUT2D eigenvalue weighted by atomic mass is 9.44. The Balaban J connectivity index is 1.26. The molecule has 11 nitrogen and oxygen atoms in total. The van der Waals surface area contributed by atoms with Crippen LogP contribution in [0, 0.1) is 46.3 Å². The van der Waals surface area contributed by atoms with Gasteiger partial charge >= 0.3 is 22.6 Å². The zero-order chi connectivity index (χ0) is 38.7. The fourth-order valence-electron chi connectivity index (χ4n) is 10.8. The standard InChI is InChI=1S/C39H70FN3O8S/c1-26(25-49-52(46,47)48)29-13-14-30-33-31(16-18-39(29,30)9)38(8)17-15-28(23-27(38)24-32(33)40)41-20-12-22-43(35(45)51-37(5,6)7)21-11-10-19-42-34(44)50-36(2,3)4/h26-33,41H,10-25H2,1-9H3,(H,42,44)(H,46,47,48)/t26-,27-,28-,29?,30?,31?,32+,33?,38+,39-/m1/s1. The molecule has 4 saturated carbocycles. The number of carbonyl (C=O) groups excluding carboxylic acids is 2. The van der Waals surface area contributed by atoms with Crippen LogP contribution in [-0.2, 0) is 24.1 Å². The molecule has 0 spiro atoms. The number of hydrogen-bond acceptors (Lipinski definition) is 8. The molecule has 52 heavy (non-hydrogen) atoms. The smallest absolute Gasteiger partial charge is 0.410 e. The summed E-state index contributed by atoms with van der Waals surface area (Å²) in [4.78, 5) is 26.8. The molecule has 0 saturated heterocycles. The predicted octanol–water partition coefficient (Wildman–Crippen LogP) is 7.94. The van der Waals surface area contributed by atoms with Gasteiger partial charge in [-0.15, -0.1) is 0 Å². The van der Waals surface area contributed by atoms with Crippen molar-refractivity contribution in [3.63, 3.8) is 0 Å². The third kappa shape index (κ3) is 11.2. The number of fused-ring (bicyclic) bond motifs is 5. The third-order valence-corrected chi connectivity index (χ3v) is 13.5. The predicted molar refractivity (Wildman–Crippen MR) is 200 cm³/mol. The quantitative estimate of drug-likeness (QED) is 0.119. The number of alkyl carbamates (subject to hydrolysis) is 1. The number of nitrogens with zero attached hydrogens (tertiary/aromatic N) is 1. The van der Waals surface area contributed by atoms with E-state index in [0.717, 1.165) is 64.3 Å². The molecule has 2 amide bonds. The van der Waals surface area contributed by atoms with Crippen molar-refractivity contribution < 1.29 is 40.6 Å². The van der Waals surface area contributed by atoms with Gasteiger partial charge in [0.05, 0.1) is 6.61 Å². The molecule has 3 N–H and O–H groups in total. The third-order valence-electron chi connectivity index (χ3n) is 13.1. The lowest BCUT2D eigenvalue weighted by Crippen LogP contribution is -2.58. The minimum Gasteiger partial charge on any atom is -0.444 e. The summed E-state index contributed by atoms with van der Waals surface area (Å²) in [5.41, 5.74) is -1.09. The molecule has 13 heteroatoms. The largest absolute Gasteiger partial charge is 0.444 e. The molecule has 4 rings (SSSR count). The van der Waals surface area contributed by atoms with Crippen molar-refractivity contribution in [1.29, 1.82) is 0 Å². The van der Waals surface area contributed by atoms with E-state index in [1.165, 1.54) is 0 Å². The SMILES string of the molecule is C[C@H](COS(=O)(=O)O)C1CCC2C3C(CC[C@@]21C)[C@@]1(C)CC[C@@H](NCCCN(CCCCNC(=O)OC(C)(C)C)C(=O)OC(C)(C)C)C[C@@H]1C[C@@H]3F. The number of amides is 2. The van der Waals surface area contributed by atoms with E-state index >= 15 is 4.39 Å². The number of rotatable bonds is 14. The van der Waals surface area contributed by atoms with E-state index in [1.807, 2.05) is 48.5 Å². The van der Waals surface area contributed by atoms with Crippen molar-refractivity contribution in [3.8, 4) is 0 Å². The van der Waals surface area contributed by atoms with Crippen molar-refractivity contribution >= 4 is 22.6 Å². The molecule has 0 aromatic carbocycles. The maximum absolute atomic E-state index is 16.4. The fourth-order valence-corrected chi connectivity index (χ4v) is 11.2. The molecule has 4 fully saturated rings. The molecule has 302 valence electrons. The minimum atomic E-state index is -4.48. The highest BCUT2D eigenvalue weighted by atomic mass is 32.3. The molecule has 0 heterocycles. The number of ether oxygens (including phenoxy) is 2. The average molecular weight is 760 g/mol. The highest BCUT2D eigenvalue weighted by Gasteiger charge is 2.63. The van der Waals surface area contributed by atoms with Crippen LogP contribution in [0.4, 0.5) is 14.0 Å². The number of nitrogens with one attached hydrogen (secondary N) is 2. The first kappa shape index (κ1) is 43.0. The summed E-state index contributed by atoms with van der Waals surface area (Å²) < 4.78 is 63.8. The second-order valence-corrected chi connectivity index (χ2v) is 20.1. The van der Waals surface area contributed by atoms with Crippen LogP contribution >= 0.6 is 0 Å². The molecule has 0 aliphatic heterocycles. The fraction of sp³-hybridized carbons (Fsp3) is 0.949. The van der Waals surface area contributed by atoms with Crippen molar-refractivity contribution in [2.24, 2.45) is 46.3 Å². The van der Waals surface area contributed by atoms with Gasteiger partial charge in [0, 0.05) is 25.7 Å². The topological polar surface area (TPSA) is 144 Å². The number of alkyl halides is 1. The summed E-state index contributed by atoms with van der Waals surface area (Å²) in [6.45, 7) is 20.1. The number of carbonyl (C=O) groups is 2. The molecular formula is C39H70FN3O8S. The zero-order valence-electron chi connectivity index (χ0n) is 33.5. The maximum atomic E-state index is 16.4. The summed E-state index contributed by atoms with van der Waals surface area (Å²) in [5, 5.41) is 6.53. The van der Waals surface area contributed by atoms with E-state index < -0.39 is 33.9 Å². The lowest BCUT2D eigenvalue weighted by Gasteiger charge is -2.62. The Kier molecular flexibility index (Phi) is 14.1. The molecule has 0 aromatic rings. The Labute approximate surface area is 313 Å². The van der Waals surface area contributed by atoms with Crippen LogP contribution in [0.3, 0.4) is 0 Å². The summed E-state index contributed by atoms with van der Waals surface area (Å²) in [6.07, 6.45) is 8.24. The highest BCUT2D eigenvalue weighted by molar-refractivity contribution is 7.80. The number of halogens is 1. The molecule has 4 unspecified atom stereocenters. The molecule has 4 aliphatic carbocycles. The summed E-state index contributed by atoms with van der Waals surface area (Å²) in [5.74, 6) is 1.20. The lowest BCUT2D eigenvalue weighted by molar-refractivity contribution is -0.149. The van der Waals surface area contributed by atoms with Gasteiger partial charge in [-0.1, -0.05) is 20.8 Å². The molecule has 0 bridgehead atoms. The van der Waals surface area contributed by atoms with E-state index in [2.05, 4.69) is 24.5 Å². The monoisotopic (exact) mass is 759 g/mol. The van der Waals surface area contributed by atoms with Gasteiger partial charge in [-0.2, -0.15) is 8.42 Å². The van der Waals surface area contributed by atoms with Crippen LogP contribution in [-0.4, -0.2) is 86.3 Å². The van der Waals surface area contributed by atoms with Crippen LogP contribution in [0.25, 0.3) is 0 Å². The molecule has 4 aliphatic rings. The Morgan fingerprint density at radius 2 is 1.52 bits per heavy atom. The van der Waals surface area contributed by atoms with E-state index in [9.17, 15) is 18.0 Å². The van der Waals surface area contributed by atoms with Gasteiger partial charge < -0.3 is 25.0 Å². The Bertz CT molecular complexity index is 1320. The molecular weight excluding hydrogens is 690 g/mol. The van der Waals surface area contributed by atoms with E-state index in [-0.39, 0.29) is 47.2 Å². The molecule has 0 radical (unpaired) electrons. The summed E-state index contributed by atoms with van der Waals surface area (Å²) >= 11 is 0. The number of hydrogen-bond donors (Lipinski definition) is 3. The van der Waals surface area contributed by atoms with Crippen LogP contribution in [0.1, 0.15) is 133 Å². The zero-order valence-corrected chi connectivity index (χ0v) is 34.3. The summed E-state index contributed by atoms with van der Waals surface area (Å²) in [7, 11) is -4.48. The first-order chi connectivity index (χ1) is 24.0. The molecule has 10 atom stereocenters. The van der Waals surface area contributed by atoms with E-state index in [0.29, 0.717) is 50.4 Å². The van der Waals surface area contributed by atoms with Gasteiger partial charge in [0.25, 0.3) is 0 Å². The summed E-state index contributed by atoms with van der Waals surface area (Å²) in [6, 6.07) is 0.323. The minimum absolute atomic E-state index is 0.0377. The first-order valence-corrected chi connectivity index (χ1v) is 21.3. The second kappa shape index (κ2) is 17.0. The van der Waals surface area contributed by atoms with Gasteiger partial charge in [-0.25, -0.2) is 18.2 Å². The van der Waals surface area contributed by atoms with Crippen molar-refractivity contribution in [2.75, 3.05) is 32.8 Å². The van der Waals surface area contributed by atoms with Crippen molar-refractivity contribution in [2.45, 2.75) is 156 Å². The van der Waals surface area contributed by atoms with E-state index in [1.54, 1.807) is 4.90 Å². The Morgan fingerprint density at radius 3 is 2.17 bits per heavy atom. The van der Waals surface area contributed by atoms with Gasteiger partial charge in [0.2, 0.25) is 0 Å². The van der Waals surface area contributed by atoms with Gasteiger partial charge in [-0.3, -0.25) is 4.55 Å². The van der Waals surface area contributed by atoms with Gasteiger partial charge in [0.1, 0.15) is 17.4 Å². The van der Waals surface area contributed by atoms with Crippen molar-refractivity contribution in [1.82, 2.24) is 15.5 Å². The normalized spacial score (nSPS) is 34.0. The van der Waals surface area contributed by atoms with E-state index in [4.69, 9.17) is 18.2 Å². The van der Waals surface area contributed by atoms with Crippen LogP contribution in [0.5, 0.6) is 0 Å². The maximum Gasteiger partial charge on any atom is 0.410 e. The molecule has 0 aromatic heterocycles. The average Bonchev–Trinajstić information content (AvgIpc) is 3.36. The first-order valence-electron chi connectivity index (χ1n) is 20.0. The van der Waals surface area contributed by atoms with Crippen LogP contribution in [0.2, 0.25) is 0 Å². The van der Waals surface area contributed by atoms with Crippen molar-refractivity contribution in [3.05, 3.63) is 0 Å². The Hall–Kier alpha value is -1.70. The Morgan fingerprint density at radius 1 is 0.885 bits per heavy atom. The highest BCUT2D eigenvalue weighted by Crippen LogP contribution is 2.68. The van der Waals surface area contributed by atoms with Crippen LogP contribution in [0.15, 0.2) is 0 Å². The second-order valence-electron chi connectivity index (χ2n) is 19.0.